The zero-order chi connectivity index (χ0) is 42.2. The van der Waals surface area contributed by atoms with E-state index in [4.69, 9.17) is 9.47 Å². The molecule has 6 rings (SSSR count). The molecule has 2 aromatic rings. The summed E-state index contributed by atoms with van der Waals surface area (Å²) in [5, 5.41) is 6.49. The monoisotopic (exact) mass is 835 g/mol. The topological polar surface area (TPSA) is 182 Å². The third-order valence-corrected chi connectivity index (χ3v) is 13.9. The number of alkyl carbamates (subject to hydrolysis) is 1. The van der Waals surface area contributed by atoms with E-state index in [0.29, 0.717) is 56.8 Å². The van der Waals surface area contributed by atoms with Gasteiger partial charge in [-0.15, -0.1) is 0 Å². The van der Waals surface area contributed by atoms with Crippen molar-refractivity contribution in [2.75, 3.05) is 13.2 Å². The normalized spacial score (nSPS) is 29.7. The molecule has 4 aliphatic rings. The number of alkyl halides is 3. The molecule has 2 saturated carbocycles. The van der Waals surface area contributed by atoms with Gasteiger partial charge in [0.15, 0.2) is 6.10 Å². The molecule has 1 aromatic carbocycles. The summed E-state index contributed by atoms with van der Waals surface area (Å²) in [6, 6.07) is 4.53. The zero-order valence-corrected chi connectivity index (χ0v) is 34.1. The molecule has 0 bridgehead atoms. The number of aromatic nitrogens is 1. The number of sulfonamides is 1. The number of carbonyl (C=O) groups excluding carboxylic acids is 4. The first-order valence-electron chi connectivity index (χ1n) is 19.9. The van der Waals surface area contributed by atoms with E-state index in [1.54, 1.807) is 25.1 Å². The molecule has 3 N–H and O–H groups in total. The van der Waals surface area contributed by atoms with E-state index in [-0.39, 0.29) is 31.2 Å². The number of halogens is 3. The average molecular weight is 836 g/mol. The smallest absolute Gasteiger partial charge is 0.425 e. The summed E-state index contributed by atoms with van der Waals surface area (Å²) >= 11 is 0. The lowest BCUT2D eigenvalue weighted by atomic mass is 9.88. The number of carbonyl (C=O) groups is 4. The van der Waals surface area contributed by atoms with Crippen LogP contribution >= 0.6 is 0 Å². The largest absolute Gasteiger partial charge is 0.491 e. The maximum absolute atomic E-state index is 14.7. The number of benzene rings is 1. The SMILES string of the molecule is CCCOc1cnc(O[C@@H]2C[C@H]3C(=O)N[C@]4(C(=O)NS(=O)(=O)C5(C)CC5)CC4/C=C\CC[C@H](C)C[C@@H](C)[C@H](NC(=O)O[C@H](C)C(F)(F)F)C(=O)N3C2)c2ccccc12. The Kier molecular flexibility index (Phi) is 12.3. The molecular weight excluding hydrogens is 784 g/mol. The van der Waals surface area contributed by atoms with E-state index in [2.05, 4.69) is 25.1 Å². The fourth-order valence-electron chi connectivity index (χ4n) is 7.70. The molecule has 2 aliphatic carbocycles. The van der Waals surface area contributed by atoms with Gasteiger partial charge < -0.3 is 29.7 Å². The van der Waals surface area contributed by atoms with Crippen LogP contribution in [0.15, 0.2) is 42.6 Å². The number of fused-ring (bicyclic) bond motifs is 3. The molecular formula is C40H52F3N5O9S. The van der Waals surface area contributed by atoms with Crippen LogP contribution in [0, 0.1) is 17.8 Å². The predicted molar refractivity (Wildman–Crippen MR) is 206 cm³/mol. The number of nitrogens with zero attached hydrogens (tertiary/aromatic N) is 2. The first kappa shape index (κ1) is 43.0. The molecule has 8 atom stereocenters. The molecule has 58 heavy (non-hydrogen) atoms. The molecule has 4 amide bonds. The summed E-state index contributed by atoms with van der Waals surface area (Å²) in [4.78, 5) is 61.8. The van der Waals surface area contributed by atoms with Crippen molar-refractivity contribution in [2.45, 2.75) is 127 Å². The second-order valence-corrected chi connectivity index (χ2v) is 18.7. The molecule has 2 aliphatic heterocycles. The summed E-state index contributed by atoms with van der Waals surface area (Å²) in [6.45, 7) is 8.07. The highest BCUT2D eigenvalue weighted by Gasteiger charge is 2.63. The highest BCUT2D eigenvalue weighted by molar-refractivity contribution is 7.91. The van der Waals surface area contributed by atoms with E-state index >= 15 is 0 Å². The van der Waals surface area contributed by atoms with Gasteiger partial charge >= 0.3 is 12.3 Å². The van der Waals surface area contributed by atoms with Gasteiger partial charge in [-0.1, -0.05) is 51.1 Å². The number of amides is 4. The number of rotatable bonds is 10. The fraction of sp³-hybridized carbons (Fsp3) is 0.625. The number of nitrogens with one attached hydrogen (secondary N) is 3. The van der Waals surface area contributed by atoms with Crippen LogP contribution in [0.3, 0.4) is 0 Å². The minimum Gasteiger partial charge on any atom is -0.491 e. The van der Waals surface area contributed by atoms with Gasteiger partial charge in [0.05, 0.1) is 24.1 Å². The highest BCUT2D eigenvalue weighted by atomic mass is 32.2. The lowest BCUT2D eigenvalue weighted by molar-refractivity contribution is -0.197. The molecule has 18 heteroatoms. The minimum absolute atomic E-state index is 0.0301. The predicted octanol–water partition coefficient (Wildman–Crippen LogP) is 5.30. The van der Waals surface area contributed by atoms with Crippen LogP contribution in [-0.4, -0.2) is 96.0 Å². The second-order valence-electron chi connectivity index (χ2n) is 16.5. The van der Waals surface area contributed by atoms with Gasteiger partial charge in [-0.05, 0) is 76.7 Å². The van der Waals surface area contributed by atoms with E-state index in [1.807, 2.05) is 32.1 Å². The third-order valence-electron chi connectivity index (χ3n) is 11.7. The summed E-state index contributed by atoms with van der Waals surface area (Å²) in [5.41, 5.74) is -1.64. The number of hydrogen-bond acceptors (Lipinski definition) is 10. The molecule has 1 unspecified atom stereocenters. The Balaban J connectivity index is 1.34. The fourth-order valence-corrected chi connectivity index (χ4v) is 9.02. The lowest BCUT2D eigenvalue weighted by Crippen LogP contribution is -2.59. The van der Waals surface area contributed by atoms with Crippen LogP contribution in [0.4, 0.5) is 18.0 Å². The molecule has 3 heterocycles. The average Bonchev–Trinajstić information content (AvgIpc) is 4.04. The van der Waals surface area contributed by atoms with Gasteiger partial charge in [0.2, 0.25) is 27.7 Å². The van der Waals surface area contributed by atoms with Crippen molar-refractivity contribution in [1.82, 2.24) is 25.2 Å². The van der Waals surface area contributed by atoms with Crippen molar-refractivity contribution in [3.63, 3.8) is 0 Å². The number of pyridine rings is 1. The van der Waals surface area contributed by atoms with Crippen molar-refractivity contribution >= 4 is 44.6 Å². The van der Waals surface area contributed by atoms with Gasteiger partial charge in [-0.25, -0.2) is 18.2 Å². The maximum atomic E-state index is 14.7. The Morgan fingerprint density at radius 1 is 1.12 bits per heavy atom. The lowest BCUT2D eigenvalue weighted by Gasteiger charge is -2.33. The van der Waals surface area contributed by atoms with Crippen molar-refractivity contribution in [3.05, 3.63) is 42.6 Å². The van der Waals surface area contributed by atoms with Gasteiger partial charge in [0.25, 0.3) is 5.91 Å². The quantitative estimate of drug-likeness (QED) is 0.266. The minimum atomic E-state index is -4.85. The molecule has 1 aromatic heterocycles. The van der Waals surface area contributed by atoms with E-state index in [9.17, 15) is 40.8 Å². The van der Waals surface area contributed by atoms with Crippen LogP contribution in [0.2, 0.25) is 0 Å². The third kappa shape index (κ3) is 9.15. The van der Waals surface area contributed by atoms with Gasteiger partial charge in [0.1, 0.15) is 29.5 Å². The molecule has 318 valence electrons. The summed E-state index contributed by atoms with van der Waals surface area (Å²) in [7, 11) is -4.07. The van der Waals surface area contributed by atoms with Gasteiger partial charge in [-0.2, -0.15) is 13.2 Å². The number of hydrogen-bond donors (Lipinski definition) is 3. The number of allylic oxidation sites excluding steroid dienone is 1. The first-order chi connectivity index (χ1) is 27.3. The first-order valence-corrected chi connectivity index (χ1v) is 21.3. The van der Waals surface area contributed by atoms with E-state index < -0.39 is 86.4 Å². The maximum Gasteiger partial charge on any atom is 0.425 e. The Hall–Kier alpha value is -4.61. The Labute approximate surface area is 336 Å². The molecule has 14 nitrogen and oxygen atoms in total. The van der Waals surface area contributed by atoms with Crippen molar-refractivity contribution < 1.29 is 55.0 Å². The molecule has 3 fully saturated rings. The molecule has 1 saturated heterocycles. The van der Waals surface area contributed by atoms with Crippen LogP contribution in [0.25, 0.3) is 10.8 Å². The zero-order valence-electron chi connectivity index (χ0n) is 33.3. The van der Waals surface area contributed by atoms with E-state index in [0.717, 1.165) is 11.8 Å². The molecule has 0 radical (unpaired) electrons. The highest BCUT2D eigenvalue weighted by Crippen LogP contribution is 2.48. The van der Waals surface area contributed by atoms with Crippen LogP contribution < -0.4 is 24.8 Å². The Bertz CT molecular complexity index is 2040. The van der Waals surface area contributed by atoms with Crippen LogP contribution in [0.1, 0.15) is 86.0 Å². The second kappa shape index (κ2) is 16.6. The van der Waals surface area contributed by atoms with Crippen molar-refractivity contribution in [2.24, 2.45) is 17.8 Å². The van der Waals surface area contributed by atoms with Gasteiger partial charge in [-0.3, -0.25) is 19.1 Å². The Morgan fingerprint density at radius 2 is 1.83 bits per heavy atom. The van der Waals surface area contributed by atoms with Crippen LogP contribution in [0.5, 0.6) is 11.6 Å². The van der Waals surface area contributed by atoms with E-state index in [1.165, 1.54) is 18.0 Å². The number of ether oxygens (including phenoxy) is 3. The van der Waals surface area contributed by atoms with Crippen molar-refractivity contribution in [3.8, 4) is 11.6 Å². The van der Waals surface area contributed by atoms with Crippen molar-refractivity contribution in [1.29, 1.82) is 0 Å². The standard InChI is InChI=1S/C40H52F3N5O9S/c1-6-17-55-31-21-44-34(29-14-10-9-13-28(29)31)57-27-19-30-33(49)46-39(36(51)47-58(53,54)38(5)15-16-38)20-26(39)12-8-7-11-23(2)18-24(3)32(35(50)48(30)22-27)45-37(52)56-25(4)40(41,42)43/h8-10,12-14,21,23-27,30,32H,6-7,11,15-20,22H2,1-5H3,(H,45,52)(H,46,49)(H,47,51)/b12-8-/t23-,24+,25+,26?,27+,30-,32-,39+/m0/s1. The van der Waals surface area contributed by atoms with Gasteiger partial charge in [0, 0.05) is 23.1 Å². The summed E-state index contributed by atoms with van der Waals surface area (Å²) in [5.74, 6) is -2.90. The summed E-state index contributed by atoms with van der Waals surface area (Å²) in [6.07, 6.45) is -1.39. The summed E-state index contributed by atoms with van der Waals surface area (Å²) < 4.78 is 84.5. The Morgan fingerprint density at radius 3 is 2.50 bits per heavy atom. The van der Waals surface area contributed by atoms with Crippen LogP contribution in [-0.2, 0) is 29.1 Å². The molecule has 0 spiro atoms.